The van der Waals surface area contributed by atoms with E-state index >= 15 is 0 Å². The standard InChI is InChI=1S/C31H39N3O8S/c1-7-17-32-31(36)22(2)33(20-23-11-9-8-10-12-23)30(35)21-34(26-18-24(39-3)13-15-27(26)40-4)43(37,38)25-14-16-28(41-5)29(19-25)42-6/h8-16,18-19,22H,7,17,20-21H2,1-6H3,(H,32,36). The second-order valence-electron chi connectivity index (χ2n) is 9.54. The highest BCUT2D eigenvalue weighted by Gasteiger charge is 2.34. The van der Waals surface area contributed by atoms with E-state index in [-0.39, 0.29) is 34.5 Å². The molecular formula is C31H39N3O8S. The van der Waals surface area contributed by atoms with E-state index in [1.807, 2.05) is 37.3 Å². The fourth-order valence-corrected chi connectivity index (χ4v) is 5.80. The van der Waals surface area contributed by atoms with Gasteiger partial charge in [-0.1, -0.05) is 37.3 Å². The zero-order valence-corrected chi connectivity index (χ0v) is 26.1. The summed E-state index contributed by atoms with van der Waals surface area (Å²) in [5, 5.41) is 2.82. The van der Waals surface area contributed by atoms with E-state index in [2.05, 4.69) is 5.32 Å². The molecule has 0 bridgehead atoms. The van der Waals surface area contributed by atoms with Crippen molar-refractivity contribution in [1.82, 2.24) is 10.2 Å². The molecular weight excluding hydrogens is 574 g/mol. The summed E-state index contributed by atoms with van der Waals surface area (Å²) in [5.41, 5.74) is 0.854. The summed E-state index contributed by atoms with van der Waals surface area (Å²) >= 11 is 0. The molecule has 0 radical (unpaired) electrons. The van der Waals surface area contributed by atoms with Gasteiger partial charge in [0.1, 0.15) is 24.1 Å². The zero-order valence-electron chi connectivity index (χ0n) is 25.3. The van der Waals surface area contributed by atoms with Crippen molar-refractivity contribution in [3.8, 4) is 23.0 Å². The van der Waals surface area contributed by atoms with Crippen molar-refractivity contribution >= 4 is 27.5 Å². The van der Waals surface area contributed by atoms with Gasteiger partial charge in [0.2, 0.25) is 11.8 Å². The van der Waals surface area contributed by atoms with E-state index in [0.29, 0.717) is 18.0 Å². The minimum absolute atomic E-state index is 0.0766. The number of nitrogens with zero attached hydrogens (tertiary/aromatic N) is 2. The number of sulfonamides is 1. The Labute approximate surface area is 253 Å². The molecule has 1 unspecified atom stereocenters. The molecule has 0 aliphatic heterocycles. The van der Waals surface area contributed by atoms with E-state index in [1.54, 1.807) is 19.1 Å². The van der Waals surface area contributed by atoms with Crippen molar-refractivity contribution in [2.24, 2.45) is 0 Å². The topological polar surface area (TPSA) is 124 Å². The number of methoxy groups -OCH3 is 4. The van der Waals surface area contributed by atoms with Crippen LogP contribution >= 0.6 is 0 Å². The largest absolute Gasteiger partial charge is 0.497 e. The van der Waals surface area contributed by atoms with Crippen LogP contribution in [0.15, 0.2) is 71.6 Å². The summed E-state index contributed by atoms with van der Waals surface area (Å²) in [5.74, 6) is 0.130. The summed E-state index contributed by atoms with van der Waals surface area (Å²) in [6.45, 7) is 3.43. The molecule has 12 heteroatoms. The molecule has 0 saturated carbocycles. The van der Waals surface area contributed by atoms with Crippen molar-refractivity contribution in [3.63, 3.8) is 0 Å². The van der Waals surface area contributed by atoms with Crippen LogP contribution in [0.5, 0.6) is 23.0 Å². The van der Waals surface area contributed by atoms with E-state index < -0.39 is 28.5 Å². The highest BCUT2D eigenvalue weighted by molar-refractivity contribution is 7.92. The minimum atomic E-state index is -4.42. The highest BCUT2D eigenvalue weighted by atomic mass is 32.2. The number of nitrogens with one attached hydrogen (secondary N) is 1. The van der Waals surface area contributed by atoms with Gasteiger partial charge in [-0.05, 0) is 43.2 Å². The predicted octanol–water partition coefficient (Wildman–Crippen LogP) is 3.86. The Bertz CT molecular complexity index is 1500. The van der Waals surface area contributed by atoms with Gasteiger partial charge in [-0.3, -0.25) is 13.9 Å². The molecule has 0 spiro atoms. The number of hydrogen-bond donors (Lipinski definition) is 1. The van der Waals surface area contributed by atoms with Gasteiger partial charge >= 0.3 is 0 Å². The number of carbonyl (C=O) groups excluding carboxylic acids is 2. The Balaban J connectivity index is 2.15. The number of benzene rings is 3. The number of rotatable bonds is 15. The smallest absolute Gasteiger partial charge is 0.265 e. The quantitative estimate of drug-likeness (QED) is 0.274. The highest BCUT2D eigenvalue weighted by Crippen LogP contribution is 2.37. The van der Waals surface area contributed by atoms with Crippen LogP contribution in [0, 0.1) is 0 Å². The molecule has 3 aromatic carbocycles. The van der Waals surface area contributed by atoms with Crippen molar-refractivity contribution in [2.75, 3.05) is 45.8 Å². The Morgan fingerprint density at radius 2 is 1.49 bits per heavy atom. The van der Waals surface area contributed by atoms with E-state index in [0.717, 1.165) is 16.3 Å². The van der Waals surface area contributed by atoms with Gasteiger partial charge in [0.05, 0.1) is 39.0 Å². The van der Waals surface area contributed by atoms with Crippen LogP contribution in [0.4, 0.5) is 5.69 Å². The van der Waals surface area contributed by atoms with Crippen molar-refractivity contribution in [3.05, 3.63) is 72.3 Å². The van der Waals surface area contributed by atoms with E-state index in [4.69, 9.17) is 18.9 Å². The second kappa shape index (κ2) is 15.1. The molecule has 0 aromatic heterocycles. The lowest BCUT2D eigenvalue weighted by Gasteiger charge is -2.32. The van der Waals surface area contributed by atoms with Crippen molar-refractivity contribution < 1.29 is 37.0 Å². The third kappa shape index (κ3) is 7.89. The van der Waals surface area contributed by atoms with Gasteiger partial charge in [0, 0.05) is 25.2 Å². The number of ether oxygens (including phenoxy) is 4. The molecule has 1 N–H and O–H groups in total. The maximum absolute atomic E-state index is 14.3. The molecule has 232 valence electrons. The first-order valence-corrected chi connectivity index (χ1v) is 15.1. The lowest BCUT2D eigenvalue weighted by Crippen LogP contribution is -2.51. The second-order valence-corrected chi connectivity index (χ2v) is 11.4. The van der Waals surface area contributed by atoms with Crippen LogP contribution in [0.1, 0.15) is 25.8 Å². The van der Waals surface area contributed by atoms with Crippen molar-refractivity contribution in [1.29, 1.82) is 0 Å². The Morgan fingerprint density at radius 1 is 0.837 bits per heavy atom. The van der Waals surface area contributed by atoms with Gasteiger partial charge in [-0.25, -0.2) is 8.42 Å². The van der Waals surface area contributed by atoms with Crippen LogP contribution in [0.3, 0.4) is 0 Å². The van der Waals surface area contributed by atoms with Gasteiger partial charge in [0.25, 0.3) is 10.0 Å². The van der Waals surface area contributed by atoms with Crippen LogP contribution in [0.2, 0.25) is 0 Å². The Kier molecular flexibility index (Phi) is 11.6. The molecule has 0 heterocycles. The third-order valence-corrected chi connectivity index (χ3v) is 8.54. The molecule has 1 atom stereocenters. The molecule has 2 amide bonds. The van der Waals surface area contributed by atoms with E-state index in [1.165, 1.54) is 57.6 Å². The minimum Gasteiger partial charge on any atom is -0.497 e. The van der Waals surface area contributed by atoms with Gasteiger partial charge < -0.3 is 29.2 Å². The maximum Gasteiger partial charge on any atom is 0.265 e. The SMILES string of the molecule is CCCNC(=O)C(C)N(Cc1ccccc1)C(=O)CN(c1cc(OC)ccc1OC)S(=O)(=O)c1ccc(OC)c(OC)c1. The summed E-state index contributed by atoms with van der Waals surface area (Å²) < 4.78 is 51.1. The summed E-state index contributed by atoms with van der Waals surface area (Å²) in [7, 11) is 1.27. The molecule has 0 aliphatic carbocycles. The van der Waals surface area contributed by atoms with Crippen LogP contribution < -0.4 is 28.6 Å². The van der Waals surface area contributed by atoms with Crippen molar-refractivity contribution in [2.45, 2.75) is 37.8 Å². The summed E-state index contributed by atoms with van der Waals surface area (Å²) in [6, 6.07) is 17.1. The number of anilines is 1. The van der Waals surface area contributed by atoms with E-state index in [9.17, 15) is 18.0 Å². The molecule has 0 saturated heterocycles. The molecule has 3 rings (SSSR count). The molecule has 11 nitrogen and oxygen atoms in total. The number of carbonyl (C=O) groups is 2. The van der Waals surface area contributed by atoms with Gasteiger partial charge in [-0.15, -0.1) is 0 Å². The average molecular weight is 614 g/mol. The first kappa shape index (κ1) is 33.1. The first-order chi connectivity index (χ1) is 20.6. The van der Waals surface area contributed by atoms with Crippen LogP contribution in [-0.4, -0.2) is 72.7 Å². The van der Waals surface area contributed by atoms with Crippen LogP contribution in [0.25, 0.3) is 0 Å². The number of amides is 2. The third-order valence-electron chi connectivity index (χ3n) is 6.79. The zero-order chi connectivity index (χ0) is 31.6. The summed E-state index contributed by atoms with van der Waals surface area (Å²) in [4.78, 5) is 28.4. The fourth-order valence-electron chi connectivity index (χ4n) is 4.37. The molecule has 43 heavy (non-hydrogen) atoms. The molecule has 0 fully saturated rings. The Hall–Kier alpha value is -4.45. The monoisotopic (exact) mass is 613 g/mol. The number of hydrogen-bond acceptors (Lipinski definition) is 8. The lowest BCUT2D eigenvalue weighted by atomic mass is 10.1. The maximum atomic E-state index is 14.3. The first-order valence-electron chi connectivity index (χ1n) is 13.7. The van der Waals surface area contributed by atoms with Gasteiger partial charge in [0.15, 0.2) is 11.5 Å². The molecule has 3 aromatic rings. The molecule has 0 aliphatic rings. The van der Waals surface area contributed by atoms with Crippen LogP contribution in [-0.2, 0) is 26.2 Å². The lowest BCUT2D eigenvalue weighted by molar-refractivity contribution is -0.139. The fraction of sp³-hybridized carbons (Fsp3) is 0.355. The van der Waals surface area contributed by atoms with Gasteiger partial charge in [-0.2, -0.15) is 0 Å². The Morgan fingerprint density at radius 3 is 2.09 bits per heavy atom. The normalized spacial score (nSPS) is 11.7. The summed E-state index contributed by atoms with van der Waals surface area (Å²) in [6.07, 6.45) is 0.720. The predicted molar refractivity (Wildman–Crippen MR) is 163 cm³/mol. The average Bonchev–Trinajstić information content (AvgIpc) is 3.04.